The van der Waals surface area contributed by atoms with Gasteiger partial charge in [0.2, 0.25) is 0 Å². The van der Waals surface area contributed by atoms with Gasteiger partial charge in [-0.2, -0.15) is 10.6 Å². The second-order valence-corrected chi connectivity index (χ2v) is 4.97. The molecule has 64 valence electrons. The van der Waals surface area contributed by atoms with Crippen molar-refractivity contribution in [2.75, 3.05) is 11.5 Å². The molecule has 1 fully saturated rings. The lowest BCUT2D eigenvalue weighted by Gasteiger charge is -2.37. The van der Waals surface area contributed by atoms with Gasteiger partial charge in [0.1, 0.15) is 0 Å². The van der Waals surface area contributed by atoms with Gasteiger partial charge in [0.05, 0.1) is 0 Å². The summed E-state index contributed by atoms with van der Waals surface area (Å²) in [5.74, 6) is 1.02. The first-order valence-corrected chi connectivity index (χ1v) is 4.98. The molecule has 0 aromatic rings. The predicted molar refractivity (Wildman–Crippen MR) is 47.0 cm³/mol. The Morgan fingerprint density at radius 2 is 1.60 bits per heavy atom. The molecule has 0 aromatic carbocycles. The van der Waals surface area contributed by atoms with Crippen LogP contribution in [-0.4, -0.2) is 26.7 Å². The topological polar surface area (TPSA) is 66.5 Å². The maximum absolute atomic E-state index is 9.08. The summed E-state index contributed by atoms with van der Waals surface area (Å²) in [6.07, 6.45) is 1.53. The van der Waals surface area contributed by atoms with E-state index in [4.69, 9.17) is 14.8 Å². The molecule has 0 aromatic heterocycles. The molecule has 0 aliphatic carbocycles. The van der Waals surface area contributed by atoms with Crippen molar-refractivity contribution in [3.05, 3.63) is 0 Å². The molecule has 0 spiro atoms. The predicted octanol–water partition coefficient (Wildman–Crippen LogP) is 1.28. The highest BCUT2D eigenvalue weighted by Crippen LogP contribution is 2.43. The fraction of sp³-hybridized carbons (Fsp3) is 1.00. The Morgan fingerprint density at radius 3 is 1.90 bits per heavy atom. The van der Waals surface area contributed by atoms with Gasteiger partial charge >= 0.3 is 0 Å². The van der Waals surface area contributed by atoms with E-state index < -0.39 is 10.6 Å². The molecule has 3 nitrogen and oxygen atoms in total. The molecular weight excluding hydrogens is 174 g/mol. The highest BCUT2D eigenvalue weighted by atomic mass is 35.5. The Balaban J connectivity index is 0.000000810. The van der Waals surface area contributed by atoms with Crippen LogP contribution in [-0.2, 0) is 0 Å². The summed E-state index contributed by atoms with van der Waals surface area (Å²) in [6, 6.07) is 0.199. The van der Waals surface area contributed by atoms with Crippen molar-refractivity contribution in [2.24, 2.45) is 5.73 Å². The number of hydrogen-bond donors (Lipinski definition) is 3. The lowest BCUT2D eigenvalue weighted by Crippen LogP contribution is -2.30. The van der Waals surface area contributed by atoms with Crippen LogP contribution >= 0.6 is 23.0 Å². The molecule has 4 N–H and O–H groups in total. The van der Waals surface area contributed by atoms with Crippen molar-refractivity contribution in [3.8, 4) is 0 Å². The van der Waals surface area contributed by atoms with Crippen LogP contribution in [0, 0.1) is 0 Å². The molecule has 5 heteroatoms. The fourth-order valence-corrected chi connectivity index (χ4v) is 2.49. The van der Waals surface area contributed by atoms with Crippen molar-refractivity contribution in [2.45, 2.75) is 18.9 Å². The Hall–Kier alpha value is 0.520. The zero-order valence-corrected chi connectivity index (χ0v) is 7.33. The van der Waals surface area contributed by atoms with E-state index in [1.807, 2.05) is 0 Å². The number of nitrogens with two attached hydrogens (primary N) is 1. The molecule has 1 saturated heterocycles. The Labute approximate surface area is 68.8 Å². The molecule has 0 amide bonds. The summed E-state index contributed by atoms with van der Waals surface area (Å²) in [5, 5.41) is 0. The van der Waals surface area contributed by atoms with Crippen molar-refractivity contribution in [1.82, 2.24) is 0 Å². The van der Waals surface area contributed by atoms with Gasteiger partial charge < -0.3 is 5.73 Å². The Morgan fingerprint density at radius 1 is 1.20 bits per heavy atom. The minimum absolute atomic E-state index is 0. The second-order valence-electron chi connectivity index (χ2n) is 2.55. The molecule has 10 heavy (non-hydrogen) atoms. The monoisotopic (exact) mass is 187 g/mol. The first kappa shape index (κ1) is 10.5. The molecule has 1 aliphatic rings. The van der Waals surface area contributed by atoms with Gasteiger partial charge in [-0.25, -0.2) is 0 Å². The molecule has 1 aliphatic heterocycles. The normalized spacial score (nSPS) is 28.7. The van der Waals surface area contributed by atoms with Crippen LogP contribution in [0.25, 0.3) is 0 Å². The average molecular weight is 188 g/mol. The quantitative estimate of drug-likeness (QED) is 0.535. The molecule has 1 heterocycles. The standard InChI is InChI=1S/C5H13NO2S.ClH/c6-5-1-3-9(7,8)4-2-5;/h5,7-8H,1-4,6H2;1H. The van der Waals surface area contributed by atoms with Gasteiger partial charge in [-0.15, -0.1) is 12.4 Å². The van der Waals surface area contributed by atoms with Gasteiger partial charge in [0.15, 0.2) is 0 Å². The molecule has 0 saturated carbocycles. The zero-order valence-electron chi connectivity index (χ0n) is 5.69. The highest BCUT2D eigenvalue weighted by Gasteiger charge is 2.20. The van der Waals surface area contributed by atoms with Crippen molar-refractivity contribution < 1.29 is 9.11 Å². The summed E-state index contributed by atoms with van der Waals surface area (Å²) < 4.78 is 18.2. The summed E-state index contributed by atoms with van der Waals surface area (Å²) in [7, 11) is -2.20. The third-order valence-electron chi connectivity index (χ3n) is 1.63. The molecular formula is C5H14ClNO2S. The number of hydrogen-bond acceptors (Lipinski definition) is 3. The lowest BCUT2D eigenvalue weighted by atomic mass is 10.2. The van der Waals surface area contributed by atoms with Gasteiger partial charge in [0.25, 0.3) is 0 Å². The molecule has 0 unspecified atom stereocenters. The van der Waals surface area contributed by atoms with E-state index in [2.05, 4.69) is 0 Å². The second kappa shape index (κ2) is 3.78. The van der Waals surface area contributed by atoms with Crippen LogP contribution in [0.15, 0.2) is 0 Å². The van der Waals surface area contributed by atoms with Crippen LogP contribution in [0.2, 0.25) is 0 Å². The molecule has 0 radical (unpaired) electrons. The fourth-order valence-electron chi connectivity index (χ4n) is 0.927. The van der Waals surface area contributed by atoms with E-state index in [-0.39, 0.29) is 18.4 Å². The van der Waals surface area contributed by atoms with Gasteiger partial charge in [-0.3, -0.25) is 9.11 Å². The Bertz CT molecular complexity index is 102. The highest BCUT2D eigenvalue weighted by molar-refractivity contribution is 8.24. The van der Waals surface area contributed by atoms with E-state index in [0.29, 0.717) is 11.5 Å². The summed E-state index contributed by atoms with van der Waals surface area (Å²) in [4.78, 5) is 0. The number of rotatable bonds is 0. The summed E-state index contributed by atoms with van der Waals surface area (Å²) in [6.45, 7) is 0. The summed E-state index contributed by atoms with van der Waals surface area (Å²) in [5.41, 5.74) is 5.55. The largest absolute Gasteiger partial charge is 0.328 e. The maximum atomic E-state index is 9.08. The average Bonchev–Trinajstić information content (AvgIpc) is 1.78. The van der Waals surface area contributed by atoms with Gasteiger partial charge in [-0.05, 0) is 12.8 Å². The summed E-state index contributed by atoms with van der Waals surface area (Å²) >= 11 is 0. The van der Waals surface area contributed by atoms with Crippen molar-refractivity contribution in [1.29, 1.82) is 0 Å². The lowest BCUT2D eigenvalue weighted by molar-refractivity contribution is 0.456. The van der Waals surface area contributed by atoms with Crippen molar-refractivity contribution >= 4 is 23.0 Å². The smallest absolute Gasteiger partial charge is 0.0389 e. The van der Waals surface area contributed by atoms with Gasteiger partial charge in [0, 0.05) is 17.5 Å². The van der Waals surface area contributed by atoms with Crippen LogP contribution in [0.4, 0.5) is 0 Å². The zero-order chi connectivity index (χ0) is 6.91. The minimum Gasteiger partial charge on any atom is -0.328 e. The Kier molecular flexibility index (Phi) is 3.98. The van der Waals surface area contributed by atoms with Gasteiger partial charge in [-0.1, -0.05) is 0 Å². The first-order valence-electron chi connectivity index (χ1n) is 3.09. The SMILES string of the molecule is Cl.NC1CCS(O)(O)CC1. The van der Waals surface area contributed by atoms with E-state index in [1.54, 1.807) is 0 Å². The van der Waals surface area contributed by atoms with Crippen LogP contribution in [0.3, 0.4) is 0 Å². The van der Waals surface area contributed by atoms with Crippen LogP contribution in [0.5, 0.6) is 0 Å². The third kappa shape index (κ3) is 3.07. The number of halogens is 1. The third-order valence-corrected chi connectivity index (χ3v) is 3.41. The molecule has 1 rings (SSSR count). The first-order chi connectivity index (χ1) is 4.10. The van der Waals surface area contributed by atoms with Crippen molar-refractivity contribution in [3.63, 3.8) is 0 Å². The van der Waals surface area contributed by atoms with E-state index in [9.17, 15) is 0 Å². The molecule has 0 atom stereocenters. The van der Waals surface area contributed by atoms with E-state index in [0.717, 1.165) is 12.8 Å². The van der Waals surface area contributed by atoms with Crippen LogP contribution < -0.4 is 5.73 Å². The maximum Gasteiger partial charge on any atom is 0.0389 e. The minimum atomic E-state index is -2.20. The van der Waals surface area contributed by atoms with Crippen LogP contribution in [0.1, 0.15) is 12.8 Å². The molecule has 0 bridgehead atoms. The van der Waals surface area contributed by atoms with E-state index >= 15 is 0 Å². The van der Waals surface area contributed by atoms with E-state index in [1.165, 1.54) is 0 Å².